The summed E-state index contributed by atoms with van der Waals surface area (Å²) in [5.41, 5.74) is 2.22. The average Bonchev–Trinajstić information content (AvgIpc) is 2.43. The van der Waals surface area contributed by atoms with Gasteiger partial charge in [-0.2, -0.15) is 0 Å². The number of fused-ring (bicyclic) bond motifs is 1. The number of hydrogen-bond donors (Lipinski definition) is 0. The van der Waals surface area contributed by atoms with Crippen molar-refractivity contribution in [2.24, 2.45) is 11.8 Å². The highest BCUT2D eigenvalue weighted by molar-refractivity contribution is 6.02. The molecule has 0 amide bonds. The molecule has 0 saturated heterocycles. The summed E-state index contributed by atoms with van der Waals surface area (Å²) in [7, 11) is 0. The molecule has 0 spiro atoms. The molecule has 0 N–H and O–H groups in total. The summed E-state index contributed by atoms with van der Waals surface area (Å²) in [5, 5.41) is 0. The van der Waals surface area contributed by atoms with E-state index in [4.69, 9.17) is 0 Å². The standard InChI is InChI=1S/C17H20O/c18-17-15(12-13-6-2-1-3-7-13)11-10-14-8-4-5-9-16(14)17/h1-3,6-7,12,14,16H,4-5,8-11H2/b15-12-/t14-,16-/m0/s1. The summed E-state index contributed by atoms with van der Waals surface area (Å²) in [5.74, 6) is 1.46. The van der Waals surface area contributed by atoms with Crippen molar-refractivity contribution in [1.82, 2.24) is 0 Å². The van der Waals surface area contributed by atoms with Gasteiger partial charge in [0, 0.05) is 5.92 Å². The summed E-state index contributed by atoms with van der Waals surface area (Å²) in [6, 6.07) is 10.2. The van der Waals surface area contributed by atoms with E-state index in [1.165, 1.54) is 25.7 Å². The molecule has 2 aliphatic rings. The molecule has 1 nitrogen and oxygen atoms in total. The number of Topliss-reactive ketones (excluding diaryl/α,β-unsaturated/α-hetero) is 1. The van der Waals surface area contributed by atoms with E-state index in [1.54, 1.807) is 0 Å². The van der Waals surface area contributed by atoms with Gasteiger partial charge in [0.1, 0.15) is 0 Å². The van der Waals surface area contributed by atoms with Crippen molar-refractivity contribution in [3.8, 4) is 0 Å². The summed E-state index contributed by atoms with van der Waals surface area (Å²) in [6.07, 6.45) is 9.26. The first-order chi connectivity index (χ1) is 8.84. The van der Waals surface area contributed by atoms with Gasteiger partial charge in [-0.15, -0.1) is 0 Å². The molecular weight excluding hydrogens is 220 g/mol. The average molecular weight is 240 g/mol. The van der Waals surface area contributed by atoms with Crippen molar-refractivity contribution >= 4 is 11.9 Å². The van der Waals surface area contributed by atoms with E-state index in [0.29, 0.717) is 17.6 Å². The fourth-order valence-electron chi connectivity index (χ4n) is 3.49. The largest absolute Gasteiger partial charge is 0.294 e. The van der Waals surface area contributed by atoms with E-state index in [2.05, 4.69) is 18.2 Å². The van der Waals surface area contributed by atoms with E-state index in [0.717, 1.165) is 24.0 Å². The topological polar surface area (TPSA) is 17.1 Å². The van der Waals surface area contributed by atoms with Gasteiger partial charge in [0.2, 0.25) is 0 Å². The molecule has 2 saturated carbocycles. The van der Waals surface area contributed by atoms with Gasteiger partial charge in [-0.3, -0.25) is 4.79 Å². The summed E-state index contributed by atoms with van der Waals surface area (Å²) in [6.45, 7) is 0. The third-order valence-corrected chi connectivity index (χ3v) is 4.49. The number of rotatable bonds is 1. The van der Waals surface area contributed by atoms with Crippen LogP contribution in [0.2, 0.25) is 0 Å². The van der Waals surface area contributed by atoms with Gasteiger partial charge in [0.15, 0.2) is 5.78 Å². The maximum atomic E-state index is 12.5. The van der Waals surface area contributed by atoms with Crippen LogP contribution in [0.1, 0.15) is 44.1 Å². The van der Waals surface area contributed by atoms with Crippen molar-refractivity contribution in [1.29, 1.82) is 0 Å². The molecule has 3 rings (SSSR count). The number of hydrogen-bond acceptors (Lipinski definition) is 1. The Morgan fingerprint density at radius 1 is 1.00 bits per heavy atom. The fourth-order valence-corrected chi connectivity index (χ4v) is 3.49. The lowest BCUT2D eigenvalue weighted by molar-refractivity contribution is -0.123. The predicted molar refractivity (Wildman–Crippen MR) is 74.1 cm³/mol. The van der Waals surface area contributed by atoms with Crippen molar-refractivity contribution in [2.45, 2.75) is 38.5 Å². The van der Waals surface area contributed by atoms with Gasteiger partial charge >= 0.3 is 0 Å². The van der Waals surface area contributed by atoms with Crippen molar-refractivity contribution < 1.29 is 4.79 Å². The smallest absolute Gasteiger partial charge is 0.162 e. The Balaban J connectivity index is 1.82. The molecule has 18 heavy (non-hydrogen) atoms. The van der Waals surface area contributed by atoms with Gasteiger partial charge in [-0.05, 0) is 48.8 Å². The number of benzene rings is 1. The summed E-state index contributed by atoms with van der Waals surface area (Å²) >= 11 is 0. The normalized spacial score (nSPS) is 30.2. The lowest BCUT2D eigenvalue weighted by atomic mass is 9.68. The summed E-state index contributed by atoms with van der Waals surface area (Å²) < 4.78 is 0. The third-order valence-electron chi connectivity index (χ3n) is 4.49. The zero-order valence-electron chi connectivity index (χ0n) is 10.8. The highest BCUT2D eigenvalue weighted by atomic mass is 16.1. The van der Waals surface area contributed by atoms with Gasteiger partial charge in [-0.25, -0.2) is 0 Å². The van der Waals surface area contributed by atoms with Crippen LogP contribution in [0.3, 0.4) is 0 Å². The molecule has 0 bridgehead atoms. The Bertz CT molecular complexity index is 458. The number of carbonyl (C=O) groups excluding carboxylic acids is 1. The SMILES string of the molecule is O=C1/C(=C\c2ccccc2)CC[C@@H]2CCCC[C@H]12. The van der Waals surface area contributed by atoms with Crippen LogP contribution in [0.4, 0.5) is 0 Å². The Hall–Kier alpha value is -1.37. The van der Waals surface area contributed by atoms with Crippen LogP contribution in [0.15, 0.2) is 35.9 Å². The van der Waals surface area contributed by atoms with Gasteiger partial charge in [0.25, 0.3) is 0 Å². The number of carbonyl (C=O) groups is 1. The lowest BCUT2D eigenvalue weighted by Crippen LogP contribution is -2.32. The zero-order chi connectivity index (χ0) is 12.4. The zero-order valence-corrected chi connectivity index (χ0v) is 10.8. The minimum absolute atomic E-state index is 0.336. The maximum Gasteiger partial charge on any atom is 0.162 e. The molecule has 1 aromatic carbocycles. The van der Waals surface area contributed by atoms with Crippen LogP contribution in [0.5, 0.6) is 0 Å². The quantitative estimate of drug-likeness (QED) is 0.671. The van der Waals surface area contributed by atoms with Crippen LogP contribution < -0.4 is 0 Å². The van der Waals surface area contributed by atoms with Gasteiger partial charge < -0.3 is 0 Å². The molecule has 2 fully saturated rings. The first-order valence-corrected chi connectivity index (χ1v) is 7.14. The van der Waals surface area contributed by atoms with Crippen molar-refractivity contribution in [3.05, 3.63) is 41.5 Å². The second-order valence-electron chi connectivity index (χ2n) is 5.63. The number of allylic oxidation sites excluding steroid dienone is 1. The molecule has 94 valence electrons. The van der Waals surface area contributed by atoms with E-state index in [-0.39, 0.29) is 0 Å². The molecule has 2 aliphatic carbocycles. The Morgan fingerprint density at radius 3 is 2.61 bits per heavy atom. The molecule has 1 heteroatoms. The van der Waals surface area contributed by atoms with Crippen molar-refractivity contribution in [2.75, 3.05) is 0 Å². The molecule has 2 atom stereocenters. The molecular formula is C17H20O. The second-order valence-corrected chi connectivity index (χ2v) is 5.63. The monoisotopic (exact) mass is 240 g/mol. The van der Waals surface area contributed by atoms with Crippen LogP contribution in [-0.4, -0.2) is 5.78 Å². The minimum Gasteiger partial charge on any atom is -0.294 e. The predicted octanol–water partition coefficient (Wildman–Crippen LogP) is 4.24. The number of ketones is 1. The van der Waals surface area contributed by atoms with Crippen LogP contribution >= 0.6 is 0 Å². The van der Waals surface area contributed by atoms with Gasteiger partial charge in [0.05, 0.1) is 0 Å². The summed E-state index contributed by atoms with van der Waals surface area (Å²) in [4.78, 5) is 12.5. The van der Waals surface area contributed by atoms with Crippen LogP contribution in [0.25, 0.3) is 6.08 Å². The Kier molecular flexibility index (Phi) is 3.31. The molecule has 0 heterocycles. The van der Waals surface area contributed by atoms with Crippen LogP contribution in [0, 0.1) is 11.8 Å². The minimum atomic E-state index is 0.336. The Morgan fingerprint density at radius 2 is 1.78 bits per heavy atom. The molecule has 0 aromatic heterocycles. The second kappa shape index (κ2) is 5.09. The fraction of sp³-hybridized carbons (Fsp3) is 0.471. The molecule has 0 aliphatic heterocycles. The van der Waals surface area contributed by atoms with Crippen molar-refractivity contribution in [3.63, 3.8) is 0 Å². The maximum absolute atomic E-state index is 12.5. The van der Waals surface area contributed by atoms with E-state index >= 15 is 0 Å². The molecule has 0 unspecified atom stereocenters. The van der Waals surface area contributed by atoms with Gasteiger partial charge in [-0.1, -0.05) is 43.2 Å². The third kappa shape index (κ3) is 2.27. The highest BCUT2D eigenvalue weighted by Crippen LogP contribution is 2.40. The highest BCUT2D eigenvalue weighted by Gasteiger charge is 2.35. The van der Waals surface area contributed by atoms with E-state index < -0.39 is 0 Å². The molecule has 1 aromatic rings. The Labute approximate surface area is 109 Å². The first kappa shape index (κ1) is 11.7. The van der Waals surface area contributed by atoms with E-state index in [1.807, 2.05) is 18.2 Å². The van der Waals surface area contributed by atoms with Crippen LogP contribution in [-0.2, 0) is 4.79 Å². The van der Waals surface area contributed by atoms with E-state index in [9.17, 15) is 4.79 Å². The lowest BCUT2D eigenvalue weighted by Gasteiger charge is -2.35. The molecule has 0 radical (unpaired) electrons. The first-order valence-electron chi connectivity index (χ1n) is 7.14.